The second kappa shape index (κ2) is 8.58. The number of hydrogen-bond donors (Lipinski definition) is 2. The molecule has 0 heterocycles. The molecule has 2 amide bonds. The van der Waals surface area contributed by atoms with Gasteiger partial charge in [0.15, 0.2) is 0 Å². The highest BCUT2D eigenvalue weighted by molar-refractivity contribution is 9.10. The van der Waals surface area contributed by atoms with Gasteiger partial charge in [0.1, 0.15) is 5.75 Å². The molecule has 2 rings (SSSR count). The molecule has 0 aliphatic rings. The summed E-state index contributed by atoms with van der Waals surface area (Å²) in [6, 6.07) is 15.5. The molecule has 0 aromatic heterocycles. The predicted octanol–water partition coefficient (Wildman–Crippen LogP) is 4.06. The number of hydrogen-bond acceptors (Lipinski definition) is 2. The van der Waals surface area contributed by atoms with Crippen LogP contribution in [0.15, 0.2) is 53.0 Å². The number of ether oxygens (including phenoxy) is 1. The van der Waals surface area contributed by atoms with Crippen LogP contribution < -0.4 is 15.4 Å². The SMILES string of the molecule is COc1ccc(C(C)NC(=O)NCCc2ccc(Br)cc2)cc1. The van der Waals surface area contributed by atoms with Gasteiger partial charge in [-0.05, 0) is 48.7 Å². The predicted molar refractivity (Wildman–Crippen MR) is 95.8 cm³/mol. The van der Waals surface area contributed by atoms with Crippen LogP contribution in [0.5, 0.6) is 5.75 Å². The maximum absolute atomic E-state index is 11.9. The molecule has 0 saturated carbocycles. The number of carbonyl (C=O) groups excluding carboxylic acids is 1. The normalized spacial score (nSPS) is 11.6. The van der Waals surface area contributed by atoms with Gasteiger partial charge in [-0.2, -0.15) is 0 Å². The van der Waals surface area contributed by atoms with Gasteiger partial charge in [0.25, 0.3) is 0 Å². The molecular formula is C18H21BrN2O2. The number of benzene rings is 2. The van der Waals surface area contributed by atoms with Crippen LogP contribution in [0.2, 0.25) is 0 Å². The van der Waals surface area contributed by atoms with Crippen molar-refractivity contribution in [2.24, 2.45) is 0 Å². The quantitative estimate of drug-likeness (QED) is 0.798. The largest absolute Gasteiger partial charge is 0.497 e. The molecule has 0 fully saturated rings. The van der Waals surface area contributed by atoms with Crippen LogP contribution >= 0.6 is 15.9 Å². The standard InChI is InChI=1S/C18H21BrN2O2/c1-13(15-5-9-17(23-2)10-6-15)21-18(22)20-12-11-14-3-7-16(19)8-4-14/h3-10,13H,11-12H2,1-2H3,(H2,20,21,22). The number of amides is 2. The average Bonchev–Trinajstić information content (AvgIpc) is 2.56. The van der Waals surface area contributed by atoms with E-state index in [0.29, 0.717) is 6.54 Å². The van der Waals surface area contributed by atoms with Gasteiger partial charge in [-0.15, -0.1) is 0 Å². The molecule has 4 nitrogen and oxygen atoms in total. The van der Waals surface area contributed by atoms with E-state index < -0.39 is 0 Å². The Labute approximate surface area is 145 Å². The van der Waals surface area contributed by atoms with Crippen molar-refractivity contribution in [1.82, 2.24) is 10.6 Å². The third kappa shape index (κ3) is 5.60. The van der Waals surface area contributed by atoms with Crippen molar-refractivity contribution in [2.45, 2.75) is 19.4 Å². The Bertz CT molecular complexity index is 626. The molecule has 2 aromatic carbocycles. The van der Waals surface area contributed by atoms with Crippen LogP contribution in [0, 0.1) is 0 Å². The molecule has 0 radical (unpaired) electrons. The molecule has 122 valence electrons. The lowest BCUT2D eigenvalue weighted by Gasteiger charge is -2.15. The highest BCUT2D eigenvalue weighted by Crippen LogP contribution is 2.17. The van der Waals surface area contributed by atoms with E-state index in [0.717, 1.165) is 22.2 Å². The molecule has 1 atom stereocenters. The molecule has 0 saturated heterocycles. The Morgan fingerprint density at radius 2 is 1.78 bits per heavy atom. The zero-order valence-corrected chi connectivity index (χ0v) is 14.9. The average molecular weight is 377 g/mol. The smallest absolute Gasteiger partial charge is 0.315 e. The van der Waals surface area contributed by atoms with Crippen molar-refractivity contribution in [3.05, 3.63) is 64.1 Å². The van der Waals surface area contributed by atoms with Crippen molar-refractivity contribution in [3.8, 4) is 5.75 Å². The van der Waals surface area contributed by atoms with Crippen molar-refractivity contribution in [2.75, 3.05) is 13.7 Å². The van der Waals surface area contributed by atoms with Crippen LogP contribution in [0.4, 0.5) is 4.79 Å². The number of urea groups is 1. The minimum Gasteiger partial charge on any atom is -0.497 e. The monoisotopic (exact) mass is 376 g/mol. The van der Waals surface area contributed by atoms with Gasteiger partial charge < -0.3 is 15.4 Å². The lowest BCUT2D eigenvalue weighted by Crippen LogP contribution is -2.38. The first-order valence-corrected chi connectivity index (χ1v) is 8.30. The third-order valence-electron chi connectivity index (χ3n) is 3.58. The molecule has 0 spiro atoms. The minimum absolute atomic E-state index is 0.0615. The van der Waals surface area contributed by atoms with Gasteiger partial charge in [0.2, 0.25) is 0 Å². The second-order valence-electron chi connectivity index (χ2n) is 5.27. The Morgan fingerprint density at radius 1 is 1.13 bits per heavy atom. The molecule has 0 aliphatic heterocycles. The van der Waals surface area contributed by atoms with Crippen LogP contribution in [-0.2, 0) is 6.42 Å². The summed E-state index contributed by atoms with van der Waals surface area (Å²) in [4.78, 5) is 11.9. The third-order valence-corrected chi connectivity index (χ3v) is 4.10. The number of halogens is 1. The number of methoxy groups -OCH3 is 1. The molecule has 0 bridgehead atoms. The summed E-state index contributed by atoms with van der Waals surface area (Å²) in [6.07, 6.45) is 0.803. The summed E-state index contributed by atoms with van der Waals surface area (Å²) >= 11 is 3.41. The molecular weight excluding hydrogens is 356 g/mol. The van der Waals surface area contributed by atoms with E-state index in [9.17, 15) is 4.79 Å². The fraction of sp³-hybridized carbons (Fsp3) is 0.278. The first-order chi connectivity index (χ1) is 11.1. The summed E-state index contributed by atoms with van der Waals surface area (Å²) in [7, 11) is 1.63. The van der Waals surface area contributed by atoms with Gasteiger partial charge in [0.05, 0.1) is 13.2 Å². The zero-order valence-electron chi connectivity index (χ0n) is 13.3. The molecule has 2 N–H and O–H groups in total. The Balaban J connectivity index is 1.76. The first-order valence-electron chi connectivity index (χ1n) is 7.51. The van der Waals surface area contributed by atoms with Crippen molar-refractivity contribution < 1.29 is 9.53 Å². The van der Waals surface area contributed by atoms with Gasteiger partial charge in [-0.1, -0.05) is 40.2 Å². The van der Waals surface area contributed by atoms with Crippen LogP contribution in [0.3, 0.4) is 0 Å². The summed E-state index contributed by atoms with van der Waals surface area (Å²) in [6.45, 7) is 2.55. The number of rotatable bonds is 6. The van der Waals surface area contributed by atoms with E-state index in [1.807, 2.05) is 55.5 Å². The summed E-state index contributed by atoms with van der Waals surface area (Å²) < 4.78 is 6.19. The maximum atomic E-state index is 11.9. The van der Waals surface area contributed by atoms with Gasteiger partial charge in [0, 0.05) is 11.0 Å². The zero-order chi connectivity index (χ0) is 16.7. The number of nitrogens with one attached hydrogen (secondary N) is 2. The Morgan fingerprint density at radius 3 is 2.39 bits per heavy atom. The van der Waals surface area contributed by atoms with Crippen molar-refractivity contribution in [1.29, 1.82) is 0 Å². The van der Waals surface area contributed by atoms with Gasteiger partial charge >= 0.3 is 6.03 Å². The van der Waals surface area contributed by atoms with Crippen molar-refractivity contribution >= 4 is 22.0 Å². The maximum Gasteiger partial charge on any atom is 0.315 e. The highest BCUT2D eigenvalue weighted by atomic mass is 79.9. The molecule has 2 aromatic rings. The van der Waals surface area contributed by atoms with E-state index in [1.165, 1.54) is 5.56 Å². The van der Waals surface area contributed by atoms with Crippen molar-refractivity contribution in [3.63, 3.8) is 0 Å². The Hall–Kier alpha value is -2.01. The fourth-order valence-corrected chi connectivity index (χ4v) is 2.46. The molecule has 23 heavy (non-hydrogen) atoms. The molecule has 5 heteroatoms. The van der Waals surface area contributed by atoms with E-state index in [4.69, 9.17) is 4.74 Å². The van der Waals surface area contributed by atoms with Gasteiger partial charge in [-0.25, -0.2) is 4.79 Å². The fourth-order valence-electron chi connectivity index (χ4n) is 2.20. The summed E-state index contributed by atoms with van der Waals surface area (Å²) in [5.74, 6) is 0.805. The Kier molecular flexibility index (Phi) is 6.47. The lowest BCUT2D eigenvalue weighted by atomic mass is 10.1. The summed E-state index contributed by atoms with van der Waals surface area (Å²) in [5.41, 5.74) is 2.23. The van der Waals surface area contributed by atoms with Gasteiger partial charge in [-0.3, -0.25) is 0 Å². The number of carbonyl (C=O) groups is 1. The molecule has 1 unspecified atom stereocenters. The minimum atomic E-state index is -0.162. The topological polar surface area (TPSA) is 50.4 Å². The van der Waals surface area contributed by atoms with E-state index >= 15 is 0 Å². The highest BCUT2D eigenvalue weighted by Gasteiger charge is 2.09. The second-order valence-corrected chi connectivity index (χ2v) is 6.19. The van der Waals surface area contributed by atoms with Crippen LogP contribution in [0.25, 0.3) is 0 Å². The van der Waals surface area contributed by atoms with E-state index in [1.54, 1.807) is 7.11 Å². The first kappa shape index (κ1) is 17.3. The summed E-state index contributed by atoms with van der Waals surface area (Å²) in [5, 5.41) is 5.81. The van der Waals surface area contributed by atoms with Crippen LogP contribution in [-0.4, -0.2) is 19.7 Å². The van der Waals surface area contributed by atoms with E-state index in [-0.39, 0.29) is 12.1 Å². The van der Waals surface area contributed by atoms with Crippen LogP contribution in [0.1, 0.15) is 24.1 Å². The molecule has 0 aliphatic carbocycles. The van der Waals surface area contributed by atoms with E-state index in [2.05, 4.69) is 26.6 Å². The lowest BCUT2D eigenvalue weighted by molar-refractivity contribution is 0.238.